The Labute approximate surface area is 182 Å². The van der Waals surface area contributed by atoms with Gasteiger partial charge in [0.05, 0.1) is 10.4 Å². The number of likely N-dealkylation sites (tertiary alicyclic amines) is 1. The molecule has 0 aromatic heterocycles. The number of rotatable bonds is 3. The normalized spacial score (nSPS) is 41.4. The summed E-state index contributed by atoms with van der Waals surface area (Å²) >= 11 is 5.95. The zero-order valence-electron chi connectivity index (χ0n) is 16.9. The molecule has 1 aromatic carbocycles. The minimum Gasteiger partial charge on any atom is -0.332 e. The first-order valence-corrected chi connectivity index (χ1v) is 13.0. The molecule has 4 aliphatic carbocycles. The van der Waals surface area contributed by atoms with Gasteiger partial charge in [-0.25, -0.2) is 13.2 Å². The van der Waals surface area contributed by atoms with Crippen LogP contribution in [-0.4, -0.2) is 48.9 Å². The number of sulfone groups is 1. The molecule has 2 atom stereocenters. The second kappa shape index (κ2) is 6.36. The van der Waals surface area contributed by atoms with Crippen molar-refractivity contribution in [2.24, 2.45) is 17.8 Å². The predicted octanol–water partition coefficient (Wildman–Crippen LogP) is 3.17. The number of halogens is 1. The number of hydrogen-bond acceptors (Lipinski definition) is 4. The summed E-state index contributed by atoms with van der Waals surface area (Å²) in [6.07, 6.45) is 7.84. The van der Waals surface area contributed by atoms with Gasteiger partial charge in [0.15, 0.2) is 5.37 Å². The molecule has 2 aliphatic heterocycles. The molecule has 0 radical (unpaired) electrons. The SMILES string of the molecule is O=C(NC12CC3CC(CC(C3)C1)C2)N1CC2(CCN2)C1S(=O)(=O)c1ccc(Cl)cc1. The van der Waals surface area contributed by atoms with Crippen LogP contribution < -0.4 is 10.6 Å². The smallest absolute Gasteiger partial charge is 0.319 e. The second-order valence-corrected chi connectivity index (χ2v) is 12.9. The van der Waals surface area contributed by atoms with Crippen LogP contribution in [0.15, 0.2) is 29.2 Å². The van der Waals surface area contributed by atoms with Crippen LogP contribution in [0.5, 0.6) is 0 Å². The van der Waals surface area contributed by atoms with Gasteiger partial charge in [-0.2, -0.15) is 0 Å². The first-order chi connectivity index (χ1) is 14.3. The largest absolute Gasteiger partial charge is 0.332 e. The van der Waals surface area contributed by atoms with Crippen molar-refractivity contribution < 1.29 is 13.2 Å². The highest BCUT2D eigenvalue weighted by molar-refractivity contribution is 7.92. The summed E-state index contributed by atoms with van der Waals surface area (Å²) in [5, 5.41) is 6.29. The van der Waals surface area contributed by atoms with E-state index in [1.807, 2.05) is 0 Å². The summed E-state index contributed by atoms with van der Waals surface area (Å²) in [7, 11) is -3.70. The van der Waals surface area contributed by atoms with Gasteiger partial charge in [-0.15, -0.1) is 0 Å². The molecular weight excluding hydrogens is 422 g/mol. The van der Waals surface area contributed by atoms with Gasteiger partial charge in [-0.1, -0.05) is 11.6 Å². The number of benzene rings is 1. The van der Waals surface area contributed by atoms with Crippen molar-refractivity contribution in [1.29, 1.82) is 0 Å². The van der Waals surface area contributed by atoms with Crippen LogP contribution in [0.1, 0.15) is 44.9 Å². The maximum atomic E-state index is 13.5. The zero-order chi connectivity index (χ0) is 20.7. The van der Waals surface area contributed by atoms with Crippen molar-refractivity contribution >= 4 is 27.5 Å². The fourth-order valence-electron chi connectivity index (χ4n) is 7.40. The number of hydrogen-bond donors (Lipinski definition) is 2. The molecule has 6 aliphatic rings. The maximum absolute atomic E-state index is 13.5. The van der Waals surface area contributed by atoms with E-state index in [1.54, 1.807) is 17.0 Å². The lowest BCUT2D eigenvalue weighted by molar-refractivity contribution is -0.0317. The summed E-state index contributed by atoms with van der Waals surface area (Å²) in [6.45, 7) is 1.24. The molecule has 162 valence electrons. The number of carbonyl (C=O) groups excluding carboxylic acids is 1. The third-order valence-corrected chi connectivity index (χ3v) is 10.8. The topological polar surface area (TPSA) is 78.5 Å². The second-order valence-electron chi connectivity index (χ2n) is 10.4. The van der Waals surface area contributed by atoms with Crippen molar-refractivity contribution in [3.8, 4) is 0 Å². The van der Waals surface area contributed by atoms with E-state index in [4.69, 9.17) is 11.6 Å². The Bertz CT molecular complexity index is 954. The van der Waals surface area contributed by atoms with Crippen molar-refractivity contribution in [3.05, 3.63) is 29.3 Å². The number of carbonyl (C=O) groups is 1. The Morgan fingerprint density at radius 1 is 1.07 bits per heavy atom. The number of nitrogens with zero attached hydrogens (tertiary/aromatic N) is 1. The highest BCUT2D eigenvalue weighted by atomic mass is 35.5. The van der Waals surface area contributed by atoms with E-state index >= 15 is 0 Å². The number of nitrogens with one attached hydrogen (secondary N) is 2. The molecule has 1 spiro atoms. The zero-order valence-corrected chi connectivity index (χ0v) is 18.5. The fourth-order valence-corrected chi connectivity index (χ4v) is 9.68. The molecule has 2 amide bonds. The summed E-state index contributed by atoms with van der Waals surface area (Å²) in [5.41, 5.74) is -0.645. The summed E-state index contributed by atoms with van der Waals surface area (Å²) < 4.78 is 27.0. The van der Waals surface area contributed by atoms with E-state index in [2.05, 4.69) is 10.6 Å². The average Bonchev–Trinajstić information content (AvgIpc) is 2.58. The van der Waals surface area contributed by atoms with Gasteiger partial charge >= 0.3 is 6.03 Å². The first-order valence-electron chi connectivity index (χ1n) is 11.1. The molecular formula is C22H28ClN3O3S. The number of urea groups is 1. The molecule has 6 fully saturated rings. The van der Waals surface area contributed by atoms with Crippen LogP contribution in [0, 0.1) is 17.8 Å². The van der Waals surface area contributed by atoms with Gasteiger partial charge in [0, 0.05) is 17.1 Å². The molecule has 8 heteroatoms. The lowest BCUT2D eigenvalue weighted by Crippen LogP contribution is -2.84. The van der Waals surface area contributed by atoms with Gasteiger partial charge in [-0.3, -0.25) is 0 Å². The predicted molar refractivity (Wildman–Crippen MR) is 114 cm³/mol. The van der Waals surface area contributed by atoms with E-state index < -0.39 is 20.8 Å². The third-order valence-electron chi connectivity index (χ3n) is 8.36. The molecule has 4 saturated carbocycles. The van der Waals surface area contributed by atoms with E-state index in [9.17, 15) is 13.2 Å². The van der Waals surface area contributed by atoms with Crippen molar-refractivity contribution in [2.75, 3.05) is 13.1 Å². The Hall–Kier alpha value is -1.31. The lowest BCUT2D eigenvalue weighted by Gasteiger charge is -2.62. The molecule has 30 heavy (non-hydrogen) atoms. The average molecular weight is 450 g/mol. The third kappa shape index (κ3) is 2.77. The Morgan fingerprint density at radius 3 is 2.13 bits per heavy atom. The van der Waals surface area contributed by atoms with Gasteiger partial charge in [0.1, 0.15) is 0 Å². The van der Waals surface area contributed by atoms with E-state index in [-0.39, 0.29) is 16.5 Å². The monoisotopic (exact) mass is 449 g/mol. The van der Waals surface area contributed by atoms with Crippen LogP contribution in [0.4, 0.5) is 4.79 Å². The van der Waals surface area contributed by atoms with Crippen molar-refractivity contribution in [3.63, 3.8) is 0 Å². The Morgan fingerprint density at radius 2 is 1.63 bits per heavy atom. The van der Waals surface area contributed by atoms with E-state index in [0.717, 1.165) is 50.0 Å². The van der Waals surface area contributed by atoms with Gasteiger partial charge < -0.3 is 15.5 Å². The molecule has 1 aromatic rings. The minimum atomic E-state index is -3.70. The van der Waals surface area contributed by atoms with Gasteiger partial charge in [0.25, 0.3) is 0 Å². The van der Waals surface area contributed by atoms with Crippen LogP contribution in [0.25, 0.3) is 0 Å². The highest BCUT2D eigenvalue weighted by Gasteiger charge is 2.64. The van der Waals surface area contributed by atoms with Gasteiger partial charge in [0.2, 0.25) is 9.84 Å². The lowest BCUT2D eigenvalue weighted by atomic mass is 9.53. The van der Waals surface area contributed by atoms with Crippen LogP contribution in [0.3, 0.4) is 0 Å². The minimum absolute atomic E-state index is 0.129. The first kappa shape index (κ1) is 19.4. The Kier molecular flexibility index (Phi) is 4.11. The summed E-state index contributed by atoms with van der Waals surface area (Å²) in [5.74, 6) is 2.17. The molecule has 2 heterocycles. The molecule has 2 saturated heterocycles. The molecule has 4 bridgehead atoms. The van der Waals surface area contributed by atoms with Crippen LogP contribution in [0.2, 0.25) is 5.02 Å². The van der Waals surface area contributed by atoms with E-state index in [0.29, 0.717) is 11.6 Å². The van der Waals surface area contributed by atoms with E-state index in [1.165, 1.54) is 31.4 Å². The number of amides is 2. The van der Waals surface area contributed by atoms with Crippen LogP contribution in [-0.2, 0) is 9.84 Å². The molecule has 2 unspecified atom stereocenters. The van der Waals surface area contributed by atoms with Crippen molar-refractivity contribution in [2.45, 2.75) is 66.3 Å². The molecule has 7 rings (SSSR count). The van der Waals surface area contributed by atoms with Crippen LogP contribution >= 0.6 is 11.6 Å². The standard InChI is InChI=1S/C22H28ClN3O3S/c23-17-1-3-18(4-2-17)30(28,29)19-22(5-6-24-22)13-26(19)20(27)25-21-10-14-7-15(11-21)9-16(8-14)12-21/h1-4,14-16,19,24H,5-13H2,(H,25,27). The molecule has 2 N–H and O–H groups in total. The fraction of sp³-hybridized carbons (Fsp3) is 0.682. The van der Waals surface area contributed by atoms with Gasteiger partial charge in [-0.05, 0) is 93.5 Å². The summed E-state index contributed by atoms with van der Waals surface area (Å²) in [6, 6.07) is 6.05. The summed E-state index contributed by atoms with van der Waals surface area (Å²) in [4.78, 5) is 15.2. The maximum Gasteiger partial charge on any atom is 0.319 e. The van der Waals surface area contributed by atoms with Crippen molar-refractivity contribution in [1.82, 2.24) is 15.5 Å². The molecule has 6 nitrogen and oxygen atoms in total. The Balaban J connectivity index is 1.26. The highest BCUT2D eigenvalue weighted by Crippen LogP contribution is 2.56. The quantitative estimate of drug-likeness (QED) is 0.742.